The van der Waals surface area contributed by atoms with Gasteiger partial charge in [-0.2, -0.15) is 0 Å². The van der Waals surface area contributed by atoms with Crippen LogP contribution in [0.4, 0.5) is 5.69 Å². The molecule has 4 heteroatoms. The quantitative estimate of drug-likeness (QED) is 0.389. The average Bonchev–Trinajstić information content (AvgIpc) is 3.13. The van der Waals surface area contributed by atoms with E-state index in [0.717, 1.165) is 38.3 Å². The molecule has 0 aromatic heterocycles. The molecule has 0 saturated carbocycles. The Morgan fingerprint density at radius 1 is 0.944 bits per heavy atom. The first-order valence-electron chi connectivity index (χ1n) is 13.2. The molecule has 1 aliphatic heterocycles. The first-order chi connectivity index (χ1) is 17.3. The zero-order valence-electron chi connectivity index (χ0n) is 22.3. The standard InChI is InChI=1S/C32H38N2O2/c1-6-32(33(4)5,22-23-10-8-7-9-11-23)30(35)24-12-14-26-27-15-13-25(34-16-18-36-19-17-34)21-29(27)31(2,3)28(26)20-24/h7-15,20-21H,6,16-19,22H2,1-5H3. The Bertz CT molecular complexity index is 1260. The molecule has 1 saturated heterocycles. The number of Topliss-reactive ketones (excluding diaryl/α,β-unsaturated/α-hetero) is 1. The number of hydrogen-bond acceptors (Lipinski definition) is 4. The van der Waals surface area contributed by atoms with Gasteiger partial charge in [0.05, 0.1) is 18.8 Å². The number of ether oxygens (including phenoxy) is 1. The lowest BCUT2D eigenvalue weighted by Gasteiger charge is -2.38. The minimum Gasteiger partial charge on any atom is -0.378 e. The molecule has 0 radical (unpaired) electrons. The van der Waals surface area contributed by atoms with Gasteiger partial charge in [0.1, 0.15) is 0 Å². The summed E-state index contributed by atoms with van der Waals surface area (Å²) in [5.41, 5.74) is 7.59. The van der Waals surface area contributed by atoms with Crippen molar-refractivity contribution in [1.29, 1.82) is 0 Å². The van der Waals surface area contributed by atoms with Crippen molar-refractivity contribution in [3.05, 3.63) is 89.0 Å². The molecule has 188 valence electrons. The van der Waals surface area contributed by atoms with Crippen molar-refractivity contribution in [2.24, 2.45) is 0 Å². The highest BCUT2D eigenvalue weighted by atomic mass is 16.5. The van der Waals surface area contributed by atoms with Gasteiger partial charge in [0.2, 0.25) is 0 Å². The summed E-state index contributed by atoms with van der Waals surface area (Å²) in [6.45, 7) is 10.1. The van der Waals surface area contributed by atoms with Crippen LogP contribution in [0, 0.1) is 0 Å². The molecule has 0 amide bonds. The van der Waals surface area contributed by atoms with Crippen LogP contribution < -0.4 is 4.90 Å². The van der Waals surface area contributed by atoms with Crippen LogP contribution in [0.3, 0.4) is 0 Å². The highest BCUT2D eigenvalue weighted by Crippen LogP contribution is 2.50. The van der Waals surface area contributed by atoms with Gasteiger partial charge in [-0.25, -0.2) is 0 Å². The van der Waals surface area contributed by atoms with Gasteiger partial charge in [-0.1, -0.05) is 69.3 Å². The van der Waals surface area contributed by atoms with Gasteiger partial charge in [0.15, 0.2) is 5.78 Å². The number of carbonyl (C=O) groups is 1. The van der Waals surface area contributed by atoms with E-state index in [9.17, 15) is 4.79 Å². The summed E-state index contributed by atoms with van der Waals surface area (Å²) in [5.74, 6) is 0.197. The van der Waals surface area contributed by atoms with E-state index in [4.69, 9.17) is 4.74 Å². The van der Waals surface area contributed by atoms with Gasteiger partial charge in [-0.15, -0.1) is 0 Å². The molecule has 0 N–H and O–H groups in total. The predicted molar refractivity (Wildman–Crippen MR) is 148 cm³/mol. The second-order valence-corrected chi connectivity index (χ2v) is 11.0. The lowest BCUT2D eigenvalue weighted by atomic mass is 9.77. The predicted octanol–water partition coefficient (Wildman–Crippen LogP) is 5.97. The van der Waals surface area contributed by atoms with Crippen LogP contribution in [0.5, 0.6) is 0 Å². The third kappa shape index (κ3) is 4.07. The molecule has 1 heterocycles. The highest BCUT2D eigenvalue weighted by molar-refractivity contribution is 6.04. The molecule has 3 aromatic rings. The molecule has 1 unspecified atom stereocenters. The molecule has 3 aromatic carbocycles. The average molecular weight is 483 g/mol. The Hall–Kier alpha value is -2.95. The summed E-state index contributed by atoms with van der Waals surface area (Å²) >= 11 is 0. The summed E-state index contributed by atoms with van der Waals surface area (Å²) in [6, 6.07) is 23.6. The molecule has 0 bridgehead atoms. The summed E-state index contributed by atoms with van der Waals surface area (Å²) in [5, 5.41) is 0. The lowest BCUT2D eigenvalue weighted by Crippen LogP contribution is -2.52. The molecular weight excluding hydrogens is 444 g/mol. The second-order valence-electron chi connectivity index (χ2n) is 11.0. The fourth-order valence-corrected chi connectivity index (χ4v) is 6.13. The van der Waals surface area contributed by atoms with Crippen molar-refractivity contribution in [3.63, 3.8) is 0 Å². The van der Waals surface area contributed by atoms with Crippen molar-refractivity contribution in [1.82, 2.24) is 4.90 Å². The van der Waals surface area contributed by atoms with Crippen molar-refractivity contribution in [2.75, 3.05) is 45.3 Å². The van der Waals surface area contributed by atoms with Gasteiger partial charge in [0, 0.05) is 29.8 Å². The van der Waals surface area contributed by atoms with Crippen LogP contribution >= 0.6 is 0 Å². The fourth-order valence-electron chi connectivity index (χ4n) is 6.13. The molecule has 4 nitrogen and oxygen atoms in total. The summed E-state index contributed by atoms with van der Waals surface area (Å²) in [6.07, 6.45) is 1.44. The topological polar surface area (TPSA) is 32.8 Å². The van der Waals surface area contributed by atoms with Crippen molar-refractivity contribution in [3.8, 4) is 11.1 Å². The normalized spacial score (nSPS) is 18.0. The number of fused-ring (bicyclic) bond motifs is 3. The molecule has 36 heavy (non-hydrogen) atoms. The maximum Gasteiger partial charge on any atom is 0.183 e. The number of morpholine rings is 1. The van der Waals surface area contributed by atoms with Gasteiger partial charge in [-0.05, 0) is 73.0 Å². The van der Waals surface area contributed by atoms with E-state index in [1.54, 1.807) is 0 Å². The summed E-state index contributed by atoms with van der Waals surface area (Å²) in [7, 11) is 4.06. The van der Waals surface area contributed by atoms with E-state index >= 15 is 0 Å². The number of rotatable bonds is 7. The highest BCUT2D eigenvalue weighted by Gasteiger charge is 2.41. The minimum absolute atomic E-state index is 0.171. The Kier molecular flexibility index (Phi) is 6.52. The van der Waals surface area contributed by atoms with E-state index in [1.807, 2.05) is 26.2 Å². The number of carbonyl (C=O) groups excluding carboxylic acids is 1. The number of likely N-dealkylation sites (N-methyl/N-ethyl adjacent to an activating group) is 1. The lowest BCUT2D eigenvalue weighted by molar-refractivity contribution is 0.0666. The van der Waals surface area contributed by atoms with E-state index in [-0.39, 0.29) is 11.2 Å². The number of benzene rings is 3. The Morgan fingerprint density at radius 2 is 1.58 bits per heavy atom. The van der Waals surface area contributed by atoms with Crippen LogP contribution in [0.25, 0.3) is 11.1 Å². The summed E-state index contributed by atoms with van der Waals surface area (Å²) < 4.78 is 5.55. The zero-order valence-corrected chi connectivity index (χ0v) is 22.3. The third-order valence-corrected chi connectivity index (χ3v) is 8.50. The van der Waals surface area contributed by atoms with Crippen molar-refractivity contribution in [2.45, 2.75) is 44.6 Å². The maximum absolute atomic E-state index is 14.2. The van der Waals surface area contributed by atoms with Gasteiger partial charge in [0.25, 0.3) is 0 Å². The van der Waals surface area contributed by atoms with E-state index in [0.29, 0.717) is 6.42 Å². The second kappa shape index (κ2) is 9.49. The molecule has 1 atom stereocenters. The molecule has 1 aliphatic carbocycles. The third-order valence-electron chi connectivity index (χ3n) is 8.50. The fraction of sp³-hybridized carbons (Fsp3) is 0.406. The molecule has 0 spiro atoms. The number of anilines is 1. The Balaban J connectivity index is 1.52. The first kappa shape index (κ1) is 24.7. The SMILES string of the molecule is CCC(Cc1ccccc1)(C(=O)c1ccc2c(c1)C(C)(C)c1cc(N3CCOCC3)ccc1-2)N(C)C. The van der Waals surface area contributed by atoms with Crippen LogP contribution in [0.2, 0.25) is 0 Å². The zero-order chi connectivity index (χ0) is 25.5. The molecule has 1 fully saturated rings. The largest absolute Gasteiger partial charge is 0.378 e. The Labute approximate surface area is 215 Å². The summed E-state index contributed by atoms with van der Waals surface area (Å²) in [4.78, 5) is 18.8. The van der Waals surface area contributed by atoms with Crippen LogP contribution in [0.15, 0.2) is 66.7 Å². The first-order valence-corrected chi connectivity index (χ1v) is 13.2. The van der Waals surface area contributed by atoms with E-state index in [1.165, 1.54) is 33.5 Å². The molecule has 5 rings (SSSR count). The number of hydrogen-bond donors (Lipinski definition) is 0. The smallest absolute Gasteiger partial charge is 0.183 e. The van der Waals surface area contributed by atoms with Gasteiger partial charge in [-0.3, -0.25) is 9.69 Å². The number of nitrogens with zero attached hydrogens (tertiary/aromatic N) is 2. The maximum atomic E-state index is 14.2. The van der Waals surface area contributed by atoms with E-state index in [2.05, 4.69) is 85.2 Å². The Morgan fingerprint density at radius 3 is 2.22 bits per heavy atom. The van der Waals surface area contributed by atoms with Crippen molar-refractivity contribution >= 4 is 11.5 Å². The van der Waals surface area contributed by atoms with Gasteiger partial charge >= 0.3 is 0 Å². The minimum atomic E-state index is -0.589. The van der Waals surface area contributed by atoms with Crippen molar-refractivity contribution < 1.29 is 9.53 Å². The van der Waals surface area contributed by atoms with Crippen LogP contribution in [-0.2, 0) is 16.6 Å². The van der Waals surface area contributed by atoms with Gasteiger partial charge < -0.3 is 9.64 Å². The number of ketones is 1. The van der Waals surface area contributed by atoms with E-state index < -0.39 is 5.54 Å². The molecule has 2 aliphatic rings. The molecular formula is C32H38N2O2. The van der Waals surface area contributed by atoms with Crippen LogP contribution in [0.1, 0.15) is 54.2 Å². The van der Waals surface area contributed by atoms with Crippen LogP contribution in [-0.4, -0.2) is 56.6 Å². The monoisotopic (exact) mass is 482 g/mol.